The van der Waals surface area contributed by atoms with E-state index in [1.807, 2.05) is 6.08 Å². The molecule has 2 unspecified atom stereocenters. The minimum Gasteiger partial charge on any atom is -0.450 e. The fraction of sp³-hybridized carbons (Fsp3) is 0.700. The zero-order valence-electron chi connectivity index (χ0n) is 8.44. The van der Waals surface area contributed by atoms with Gasteiger partial charge in [-0.3, -0.25) is 0 Å². The summed E-state index contributed by atoms with van der Waals surface area (Å²) in [6.07, 6.45) is 9.44. The Balaban J connectivity index is 2.42. The van der Waals surface area contributed by atoms with Gasteiger partial charge in [0.15, 0.2) is 0 Å². The lowest BCUT2D eigenvalue weighted by Crippen LogP contribution is -2.24. The third-order valence-electron chi connectivity index (χ3n) is 2.29. The van der Waals surface area contributed by atoms with Crippen LogP contribution in [0, 0.1) is 0 Å². The van der Waals surface area contributed by atoms with Gasteiger partial charge in [0.1, 0.15) is 6.10 Å². The van der Waals surface area contributed by atoms with Gasteiger partial charge in [-0.1, -0.05) is 6.08 Å². The van der Waals surface area contributed by atoms with Gasteiger partial charge in [-0.15, -0.1) is 0 Å². The van der Waals surface area contributed by atoms with Crippen LogP contribution in [0.25, 0.3) is 0 Å². The molecule has 4 heteroatoms. The van der Waals surface area contributed by atoms with E-state index < -0.39 is 0 Å². The topological polar surface area (TPSA) is 52.3 Å². The molecule has 0 amide bonds. The summed E-state index contributed by atoms with van der Waals surface area (Å²) < 4.78 is 5.21. The summed E-state index contributed by atoms with van der Waals surface area (Å²) in [4.78, 5) is 11.0. The van der Waals surface area contributed by atoms with Gasteiger partial charge in [0.2, 0.25) is 0 Å². The minimum atomic E-state index is -0.214. The molecule has 14 heavy (non-hydrogen) atoms. The van der Waals surface area contributed by atoms with Crippen molar-refractivity contribution in [3.63, 3.8) is 0 Å². The lowest BCUT2D eigenvalue weighted by Gasteiger charge is -2.18. The molecule has 0 spiro atoms. The average Bonchev–Trinajstić information content (AvgIpc) is 2.16. The molecule has 1 aliphatic rings. The molecule has 0 aromatic heterocycles. The normalized spacial score (nSPS) is 27.9. The van der Waals surface area contributed by atoms with E-state index in [-0.39, 0.29) is 17.4 Å². The van der Waals surface area contributed by atoms with Gasteiger partial charge in [0.05, 0.1) is 0 Å². The van der Waals surface area contributed by atoms with Crippen LogP contribution in [-0.4, -0.2) is 23.7 Å². The average molecular weight is 215 g/mol. The summed E-state index contributed by atoms with van der Waals surface area (Å²) in [6, 6.07) is 0.246. The number of hydrogen-bond donors (Lipinski definition) is 1. The Morgan fingerprint density at radius 1 is 1.50 bits per heavy atom. The first-order valence-electron chi connectivity index (χ1n) is 4.89. The molecule has 3 nitrogen and oxygen atoms in total. The van der Waals surface area contributed by atoms with E-state index in [9.17, 15) is 4.79 Å². The summed E-state index contributed by atoms with van der Waals surface area (Å²) in [5, 5.41) is -0.214. The number of allylic oxidation sites excluding steroid dienone is 1. The van der Waals surface area contributed by atoms with Crippen LogP contribution in [0.15, 0.2) is 12.2 Å². The lowest BCUT2D eigenvalue weighted by molar-refractivity contribution is 0.138. The minimum absolute atomic E-state index is 0.0821. The maximum absolute atomic E-state index is 11.0. The van der Waals surface area contributed by atoms with Crippen molar-refractivity contribution in [2.45, 2.75) is 37.8 Å². The number of nitrogens with two attached hydrogens (primary N) is 1. The van der Waals surface area contributed by atoms with Crippen LogP contribution in [0.3, 0.4) is 0 Å². The maximum Gasteiger partial charge on any atom is 0.367 e. The molecule has 1 rings (SSSR count). The number of rotatable bonds is 1. The maximum atomic E-state index is 11.0. The highest BCUT2D eigenvalue weighted by Gasteiger charge is 2.14. The summed E-state index contributed by atoms with van der Waals surface area (Å²) >= 11 is 1.10. The van der Waals surface area contributed by atoms with Crippen LogP contribution >= 0.6 is 11.8 Å². The van der Waals surface area contributed by atoms with Crippen molar-refractivity contribution in [1.29, 1.82) is 0 Å². The van der Waals surface area contributed by atoms with Gasteiger partial charge in [-0.2, -0.15) is 0 Å². The molecule has 0 fully saturated rings. The van der Waals surface area contributed by atoms with Gasteiger partial charge >= 0.3 is 5.30 Å². The SMILES string of the molecule is CSC(=O)OC1C=CCCC(N)CC1. The first-order valence-corrected chi connectivity index (χ1v) is 6.11. The molecule has 0 aromatic rings. The summed E-state index contributed by atoms with van der Waals surface area (Å²) in [7, 11) is 0. The molecule has 0 heterocycles. The van der Waals surface area contributed by atoms with Crippen molar-refractivity contribution in [2.24, 2.45) is 5.73 Å². The second-order valence-electron chi connectivity index (χ2n) is 3.45. The molecule has 2 atom stereocenters. The van der Waals surface area contributed by atoms with E-state index in [1.165, 1.54) is 0 Å². The Bertz CT molecular complexity index is 218. The van der Waals surface area contributed by atoms with E-state index in [0.717, 1.165) is 37.4 Å². The van der Waals surface area contributed by atoms with Crippen molar-refractivity contribution in [2.75, 3.05) is 6.26 Å². The van der Waals surface area contributed by atoms with Crippen molar-refractivity contribution >= 4 is 17.1 Å². The fourth-order valence-electron chi connectivity index (χ4n) is 1.45. The Morgan fingerprint density at radius 3 is 3.00 bits per heavy atom. The molecule has 0 aromatic carbocycles. The van der Waals surface area contributed by atoms with E-state index in [0.29, 0.717) is 0 Å². The Labute approximate surface area is 89.1 Å². The molecule has 0 aliphatic heterocycles. The number of hydrogen-bond acceptors (Lipinski definition) is 4. The van der Waals surface area contributed by atoms with Gasteiger partial charge in [0.25, 0.3) is 0 Å². The molecular formula is C10H17NO2S. The Hall–Kier alpha value is -0.480. The predicted molar refractivity (Wildman–Crippen MR) is 59.4 cm³/mol. The molecule has 0 saturated carbocycles. The van der Waals surface area contributed by atoms with Crippen LogP contribution in [0.5, 0.6) is 0 Å². The third kappa shape index (κ3) is 4.15. The summed E-state index contributed by atoms with van der Waals surface area (Å²) in [6.45, 7) is 0. The molecule has 2 N–H and O–H groups in total. The standard InChI is InChI=1S/C10H17NO2S/c1-14-10(12)13-9-5-3-2-4-8(11)6-7-9/h3,5,8-9H,2,4,6-7,11H2,1H3. The highest BCUT2D eigenvalue weighted by molar-refractivity contribution is 8.12. The van der Waals surface area contributed by atoms with Gasteiger partial charge in [0, 0.05) is 6.04 Å². The van der Waals surface area contributed by atoms with Crippen molar-refractivity contribution in [3.05, 3.63) is 12.2 Å². The summed E-state index contributed by atoms with van der Waals surface area (Å²) in [5.41, 5.74) is 5.85. The Morgan fingerprint density at radius 2 is 2.29 bits per heavy atom. The molecule has 1 aliphatic carbocycles. The zero-order valence-corrected chi connectivity index (χ0v) is 9.26. The van der Waals surface area contributed by atoms with E-state index >= 15 is 0 Å². The van der Waals surface area contributed by atoms with Crippen LogP contribution < -0.4 is 5.73 Å². The molecule has 0 radical (unpaired) electrons. The van der Waals surface area contributed by atoms with Gasteiger partial charge < -0.3 is 10.5 Å². The summed E-state index contributed by atoms with van der Waals surface area (Å²) in [5.74, 6) is 0. The largest absolute Gasteiger partial charge is 0.450 e. The molecule has 0 bridgehead atoms. The number of ether oxygens (including phenoxy) is 1. The quantitative estimate of drug-likeness (QED) is 0.538. The zero-order chi connectivity index (χ0) is 10.4. The monoisotopic (exact) mass is 215 g/mol. The number of carbonyl (C=O) groups is 1. The fourth-order valence-corrected chi connectivity index (χ4v) is 1.67. The smallest absolute Gasteiger partial charge is 0.367 e. The second kappa shape index (κ2) is 6.09. The molecule has 80 valence electrons. The van der Waals surface area contributed by atoms with Crippen molar-refractivity contribution in [3.8, 4) is 0 Å². The first-order chi connectivity index (χ1) is 6.72. The Kier molecular flexibility index (Phi) is 5.04. The van der Waals surface area contributed by atoms with E-state index in [4.69, 9.17) is 10.5 Å². The third-order valence-corrected chi connectivity index (χ3v) is 2.72. The van der Waals surface area contributed by atoms with Crippen molar-refractivity contribution < 1.29 is 9.53 Å². The van der Waals surface area contributed by atoms with Crippen LogP contribution in [-0.2, 0) is 4.74 Å². The van der Waals surface area contributed by atoms with Gasteiger partial charge in [-0.25, -0.2) is 4.79 Å². The van der Waals surface area contributed by atoms with E-state index in [2.05, 4.69) is 6.08 Å². The highest BCUT2D eigenvalue weighted by Crippen LogP contribution is 2.15. The second-order valence-corrected chi connectivity index (χ2v) is 4.19. The number of thioether (sulfide) groups is 1. The van der Waals surface area contributed by atoms with Gasteiger partial charge in [-0.05, 0) is 49.8 Å². The number of carbonyl (C=O) groups excluding carboxylic acids is 1. The molecular weight excluding hydrogens is 198 g/mol. The van der Waals surface area contributed by atoms with Crippen molar-refractivity contribution in [1.82, 2.24) is 0 Å². The van der Waals surface area contributed by atoms with E-state index in [1.54, 1.807) is 6.26 Å². The van der Waals surface area contributed by atoms with Crippen LogP contribution in [0.4, 0.5) is 4.79 Å². The van der Waals surface area contributed by atoms with Crippen LogP contribution in [0.2, 0.25) is 0 Å². The van der Waals surface area contributed by atoms with Crippen LogP contribution in [0.1, 0.15) is 25.7 Å². The highest BCUT2D eigenvalue weighted by atomic mass is 32.2. The lowest BCUT2D eigenvalue weighted by atomic mass is 10.0. The predicted octanol–water partition coefficient (Wildman–Crippen LogP) is 2.31. The molecule has 0 saturated heterocycles. The first kappa shape index (κ1) is 11.6.